The third kappa shape index (κ3) is 5.53. The van der Waals surface area contributed by atoms with E-state index in [1.54, 1.807) is 33.5 Å². The van der Waals surface area contributed by atoms with Crippen LogP contribution in [0, 0.1) is 0 Å². The summed E-state index contributed by atoms with van der Waals surface area (Å²) >= 11 is 0. The van der Waals surface area contributed by atoms with Gasteiger partial charge in [0.1, 0.15) is 5.75 Å². The summed E-state index contributed by atoms with van der Waals surface area (Å²) in [7, 11) is 4.68. The number of aromatic nitrogens is 2. The minimum atomic E-state index is -0.135. The molecule has 0 unspecified atom stereocenters. The molecule has 0 radical (unpaired) electrons. The summed E-state index contributed by atoms with van der Waals surface area (Å²) in [4.78, 5) is 16.7. The molecule has 0 fully saturated rings. The summed E-state index contributed by atoms with van der Waals surface area (Å²) in [5.41, 5.74) is 2.91. The van der Waals surface area contributed by atoms with E-state index < -0.39 is 0 Å². The quantitative estimate of drug-likeness (QED) is 0.530. The first kappa shape index (κ1) is 22.1. The van der Waals surface area contributed by atoms with Crippen LogP contribution >= 0.6 is 0 Å². The Bertz CT molecular complexity index is 1010. The molecule has 0 atom stereocenters. The van der Waals surface area contributed by atoms with Crippen LogP contribution in [0.2, 0.25) is 0 Å². The van der Waals surface area contributed by atoms with Crippen molar-refractivity contribution >= 4 is 5.91 Å². The number of amides is 1. The third-order valence-corrected chi connectivity index (χ3v) is 4.92. The van der Waals surface area contributed by atoms with Gasteiger partial charge >= 0.3 is 0 Å². The highest BCUT2D eigenvalue weighted by Crippen LogP contribution is 2.34. The zero-order valence-electron chi connectivity index (χ0n) is 18.2. The number of hydrogen-bond donors (Lipinski definition) is 1. The van der Waals surface area contributed by atoms with Crippen LogP contribution in [0.3, 0.4) is 0 Å². The van der Waals surface area contributed by atoms with Gasteiger partial charge in [0, 0.05) is 36.6 Å². The van der Waals surface area contributed by atoms with E-state index >= 15 is 0 Å². The lowest BCUT2D eigenvalue weighted by molar-refractivity contribution is -0.121. The average molecular weight is 425 g/mol. The molecule has 1 heterocycles. The minimum absolute atomic E-state index is 0.135. The fourth-order valence-electron chi connectivity index (χ4n) is 3.10. The van der Waals surface area contributed by atoms with Crippen molar-refractivity contribution in [3.05, 3.63) is 53.4 Å². The zero-order chi connectivity index (χ0) is 22.2. The topological polar surface area (TPSA) is 95.7 Å². The van der Waals surface area contributed by atoms with Gasteiger partial charge in [-0.3, -0.25) is 4.79 Å². The van der Waals surface area contributed by atoms with E-state index in [0.29, 0.717) is 41.9 Å². The van der Waals surface area contributed by atoms with Crippen LogP contribution in [0.15, 0.2) is 40.9 Å². The molecule has 0 spiro atoms. The number of carbonyl (C=O) groups excluding carboxylic acids is 1. The maximum absolute atomic E-state index is 12.3. The van der Waals surface area contributed by atoms with E-state index in [-0.39, 0.29) is 12.3 Å². The van der Waals surface area contributed by atoms with Crippen molar-refractivity contribution in [2.75, 3.05) is 21.3 Å². The summed E-state index contributed by atoms with van der Waals surface area (Å²) < 4.78 is 21.3. The van der Waals surface area contributed by atoms with E-state index in [9.17, 15) is 4.79 Å². The highest BCUT2D eigenvalue weighted by atomic mass is 16.5. The van der Waals surface area contributed by atoms with Crippen LogP contribution in [-0.2, 0) is 24.2 Å². The number of ether oxygens (including phenoxy) is 3. The van der Waals surface area contributed by atoms with Crippen LogP contribution in [0.25, 0.3) is 11.4 Å². The molecule has 0 aliphatic rings. The summed E-state index contributed by atoms with van der Waals surface area (Å²) in [6.45, 7) is 2.40. The molecular weight excluding hydrogens is 398 g/mol. The van der Waals surface area contributed by atoms with E-state index in [0.717, 1.165) is 17.5 Å². The van der Waals surface area contributed by atoms with Crippen molar-refractivity contribution in [3.8, 4) is 28.6 Å². The zero-order valence-corrected chi connectivity index (χ0v) is 18.2. The van der Waals surface area contributed by atoms with Crippen LogP contribution in [0.5, 0.6) is 17.2 Å². The SMILES string of the molecule is CCc1ccc(-c2noc(CCC(=O)NCc3cc(OC)c(OC)cc3OC)n2)cc1. The van der Waals surface area contributed by atoms with Crippen LogP contribution in [0.1, 0.15) is 30.4 Å². The van der Waals surface area contributed by atoms with Crippen molar-refractivity contribution in [3.63, 3.8) is 0 Å². The molecule has 0 saturated heterocycles. The number of rotatable bonds is 10. The van der Waals surface area contributed by atoms with Crippen LogP contribution < -0.4 is 19.5 Å². The molecule has 0 aliphatic heterocycles. The Morgan fingerprint density at radius 3 is 2.32 bits per heavy atom. The second-order valence-electron chi connectivity index (χ2n) is 6.86. The molecule has 1 amide bonds. The molecular formula is C23H27N3O5. The molecule has 8 nitrogen and oxygen atoms in total. The predicted molar refractivity (Wildman–Crippen MR) is 115 cm³/mol. The number of benzene rings is 2. The third-order valence-electron chi connectivity index (χ3n) is 4.92. The van der Waals surface area contributed by atoms with Crippen LogP contribution in [-0.4, -0.2) is 37.4 Å². The molecule has 2 aromatic carbocycles. The molecule has 0 saturated carbocycles. The highest BCUT2D eigenvalue weighted by molar-refractivity contribution is 5.76. The molecule has 1 aromatic heterocycles. The fourth-order valence-corrected chi connectivity index (χ4v) is 3.10. The Labute approximate surface area is 181 Å². The van der Waals surface area contributed by atoms with Gasteiger partial charge in [0.05, 0.1) is 21.3 Å². The molecule has 164 valence electrons. The van der Waals surface area contributed by atoms with Gasteiger partial charge in [0.15, 0.2) is 11.5 Å². The van der Waals surface area contributed by atoms with Gasteiger partial charge in [0.2, 0.25) is 17.6 Å². The van der Waals surface area contributed by atoms with Crippen molar-refractivity contribution in [2.45, 2.75) is 32.7 Å². The number of aryl methyl sites for hydroxylation is 2. The Hall–Kier alpha value is -3.55. The van der Waals surface area contributed by atoms with Crippen molar-refractivity contribution in [1.82, 2.24) is 15.5 Å². The molecule has 3 aromatic rings. The monoisotopic (exact) mass is 425 g/mol. The maximum Gasteiger partial charge on any atom is 0.227 e. The van der Waals surface area contributed by atoms with Gasteiger partial charge in [-0.2, -0.15) is 4.98 Å². The van der Waals surface area contributed by atoms with Gasteiger partial charge < -0.3 is 24.1 Å². The summed E-state index contributed by atoms with van der Waals surface area (Å²) in [5, 5.41) is 6.89. The minimum Gasteiger partial charge on any atom is -0.496 e. The van der Waals surface area contributed by atoms with Crippen molar-refractivity contribution in [1.29, 1.82) is 0 Å². The number of nitrogens with zero attached hydrogens (tertiary/aromatic N) is 2. The number of methoxy groups -OCH3 is 3. The molecule has 0 aliphatic carbocycles. The first-order valence-electron chi connectivity index (χ1n) is 10.0. The molecule has 3 rings (SSSR count). The Morgan fingerprint density at radius 1 is 1.00 bits per heavy atom. The van der Waals surface area contributed by atoms with Gasteiger partial charge in [-0.1, -0.05) is 36.3 Å². The molecule has 0 bridgehead atoms. The first-order valence-corrected chi connectivity index (χ1v) is 10.0. The predicted octanol–water partition coefficient (Wildman–Crippen LogP) is 3.57. The van der Waals surface area contributed by atoms with Crippen molar-refractivity contribution in [2.24, 2.45) is 0 Å². The second-order valence-corrected chi connectivity index (χ2v) is 6.86. The molecule has 31 heavy (non-hydrogen) atoms. The average Bonchev–Trinajstić information content (AvgIpc) is 3.29. The fraction of sp³-hybridized carbons (Fsp3) is 0.348. The summed E-state index contributed by atoms with van der Waals surface area (Å²) in [6, 6.07) is 11.5. The van der Waals surface area contributed by atoms with Crippen molar-refractivity contribution < 1.29 is 23.5 Å². The molecule has 8 heteroatoms. The lowest BCUT2D eigenvalue weighted by Crippen LogP contribution is -2.23. The lowest BCUT2D eigenvalue weighted by atomic mass is 10.1. The Kier molecular flexibility index (Phi) is 7.48. The maximum atomic E-state index is 12.3. The van der Waals surface area contributed by atoms with Gasteiger partial charge in [-0.25, -0.2) is 0 Å². The Morgan fingerprint density at radius 2 is 1.68 bits per heavy atom. The molecule has 1 N–H and O–H groups in total. The largest absolute Gasteiger partial charge is 0.496 e. The standard InChI is InChI=1S/C23H27N3O5/c1-5-15-6-8-16(9-7-15)23-25-22(31-26-23)11-10-21(27)24-14-17-12-19(29-3)20(30-4)13-18(17)28-2/h6-9,12-13H,5,10-11,14H2,1-4H3,(H,24,27). The van der Waals surface area contributed by atoms with E-state index in [2.05, 4.69) is 22.4 Å². The number of hydrogen-bond acceptors (Lipinski definition) is 7. The van der Waals surface area contributed by atoms with Gasteiger partial charge in [0.25, 0.3) is 0 Å². The summed E-state index contributed by atoms with van der Waals surface area (Å²) in [6.07, 6.45) is 1.56. The summed E-state index contributed by atoms with van der Waals surface area (Å²) in [5.74, 6) is 2.54. The highest BCUT2D eigenvalue weighted by Gasteiger charge is 2.14. The Balaban J connectivity index is 1.56. The number of nitrogens with one attached hydrogen (secondary N) is 1. The van der Waals surface area contributed by atoms with E-state index in [1.165, 1.54) is 5.56 Å². The van der Waals surface area contributed by atoms with Gasteiger partial charge in [-0.05, 0) is 18.1 Å². The normalized spacial score (nSPS) is 10.6. The van der Waals surface area contributed by atoms with E-state index in [4.69, 9.17) is 18.7 Å². The van der Waals surface area contributed by atoms with Gasteiger partial charge in [-0.15, -0.1) is 0 Å². The first-order chi connectivity index (χ1) is 15.1. The van der Waals surface area contributed by atoms with E-state index in [1.807, 2.05) is 24.3 Å². The smallest absolute Gasteiger partial charge is 0.227 e. The number of carbonyl (C=O) groups is 1. The second kappa shape index (κ2) is 10.5. The van der Waals surface area contributed by atoms with Crippen LogP contribution in [0.4, 0.5) is 0 Å². The lowest BCUT2D eigenvalue weighted by Gasteiger charge is -2.14.